The molecular weight excluding hydrogens is 144 g/mol. The van der Waals surface area contributed by atoms with Gasteiger partial charge >= 0.3 is 5.97 Å². The fraction of sp³-hybridized carbons (Fsp3) is 0.875. The van der Waals surface area contributed by atoms with Crippen LogP contribution in [0.2, 0.25) is 0 Å². The maximum Gasteiger partial charge on any atom is 0.335 e. The van der Waals surface area contributed by atoms with Crippen molar-refractivity contribution < 1.29 is 15.0 Å². The molecule has 0 saturated heterocycles. The maximum atomic E-state index is 10.4. The SMILES string of the molecule is CCCCC[C@@](C)(O)C(=O)O. The van der Waals surface area contributed by atoms with Crippen LogP contribution in [-0.4, -0.2) is 21.8 Å². The van der Waals surface area contributed by atoms with E-state index in [-0.39, 0.29) is 0 Å². The van der Waals surface area contributed by atoms with Crippen LogP contribution >= 0.6 is 0 Å². The second-order valence-corrected chi connectivity index (χ2v) is 3.04. The van der Waals surface area contributed by atoms with Crippen LogP contribution in [0.1, 0.15) is 39.5 Å². The molecule has 0 fully saturated rings. The molecule has 0 heterocycles. The zero-order valence-electron chi connectivity index (χ0n) is 7.13. The predicted octanol–water partition coefficient (Wildman–Crippen LogP) is 1.40. The van der Waals surface area contributed by atoms with Crippen molar-refractivity contribution in [2.75, 3.05) is 0 Å². The van der Waals surface area contributed by atoms with Gasteiger partial charge in [-0.25, -0.2) is 4.79 Å². The van der Waals surface area contributed by atoms with Gasteiger partial charge in [-0.3, -0.25) is 0 Å². The van der Waals surface area contributed by atoms with Crippen LogP contribution < -0.4 is 0 Å². The van der Waals surface area contributed by atoms with Gasteiger partial charge < -0.3 is 10.2 Å². The molecule has 3 nitrogen and oxygen atoms in total. The molecule has 0 aromatic heterocycles. The summed E-state index contributed by atoms with van der Waals surface area (Å²) in [6.07, 6.45) is 3.13. The van der Waals surface area contributed by atoms with E-state index in [0.717, 1.165) is 19.3 Å². The fourth-order valence-electron chi connectivity index (χ4n) is 0.826. The van der Waals surface area contributed by atoms with Crippen LogP contribution in [0.25, 0.3) is 0 Å². The normalized spacial score (nSPS) is 15.9. The van der Waals surface area contributed by atoms with Crippen molar-refractivity contribution in [1.29, 1.82) is 0 Å². The lowest BCUT2D eigenvalue weighted by molar-refractivity contribution is -0.157. The highest BCUT2D eigenvalue weighted by Gasteiger charge is 2.28. The standard InChI is InChI=1S/C8H16O3/c1-3-4-5-6-8(2,11)7(9)10/h11H,3-6H2,1-2H3,(H,9,10)/t8-/m1/s1. The van der Waals surface area contributed by atoms with Crippen molar-refractivity contribution in [3.63, 3.8) is 0 Å². The number of carbonyl (C=O) groups is 1. The van der Waals surface area contributed by atoms with Gasteiger partial charge in [-0.2, -0.15) is 0 Å². The highest BCUT2D eigenvalue weighted by atomic mass is 16.4. The smallest absolute Gasteiger partial charge is 0.335 e. The van der Waals surface area contributed by atoms with Crippen LogP contribution in [0.3, 0.4) is 0 Å². The Hall–Kier alpha value is -0.570. The monoisotopic (exact) mass is 160 g/mol. The van der Waals surface area contributed by atoms with E-state index in [4.69, 9.17) is 5.11 Å². The topological polar surface area (TPSA) is 57.5 Å². The molecule has 11 heavy (non-hydrogen) atoms. The second-order valence-electron chi connectivity index (χ2n) is 3.04. The third kappa shape index (κ3) is 3.98. The minimum Gasteiger partial charge on any atom is -0.479 e. The molecular formula is C8H16O3. The Kier molecular flexibility index (Phi) is 4.11. The molecule has 0 aromatic carbocycles. The number of carboxylic acid groups (broad SMARTS) is 1. The summed E-state index contributed by atoms with van der Waals surface area (Å²) < 4.78 is 0. The molecule has 0 amide bonds. The number of hydrogen-bond donors (Lipinski definition) is 2. The van der Waals surface area contributed by atoms with E-state index >= 15 is 0 Å². The van der Waals surface area contributed by atoms with E-state index in [9.17, 15) is 9.90 Å². The first-order valence-electron chi connectivity index (χ1n) is 3.96. The fourth-order valence-corrected chi connectivity index (χ4v) is 0.826. The van der Waals surface area contributed by atoms with Crippen molar-refractivity contribution >= 4 is 5.97 Å². The number of carboxylic acids is 1. The van der Waals surface area contributed by atoms with Gasteiger partial charge in [0, 0.05) is 0 Å². The molecule has 66 valence electrons. The first-order valence-corrected chi connectivity index (χ1v) is 3.96. The van der Waals surface area contributed by atoms with Crippen molar-refractivity contribution in [2.45, 2.75) is 45.1 Å². The third-order valence-electron chi connectivity index (χ3n) is 1.73. The van der Waals surface area contributed by atoms with E-state index in [2.05, 4.69) is 0 Å². The summed E-state index contributed by atoms with van der Waals surface area (Å²) >= 11 is 0. The first kappa shape index (κ1) is 10.4. The second kappa shape index (κ2) is 4.34. The first-order chi connectivity index (χ1) is 5.00. The molecule has 0 spiro atoms. The number of rotatable bonds is 5. The third-order valence-corrected chi connectivity index (χ3v) is 1.73. The molecule has 2 N–H and O–H groups in total. The molecule has 0 unspecified atom stereocenters. The van der Waals surface area contributed by atoms with Crippen LogP contribution in [-0.2, 0) is 4.79 Å². The number of hydrogen-bond acceptors (Lipinski definition) is 2. The van der Waals surface area contributed by atoms with Gasteiger partial charge in [0.25, 0.3) is 0 Å². The highest BCUT2D eigenvalue weighted by molar-refractivity contribution is 5.76. The van der Waals surface area contributed by atoms with Crippen molar-refractivity contribution in [3.05, 3.63) is 0 Å². The minimum atomic E-state index is -1.53. The Morgan fingerprint density at radius 3 is 2.36 bits per heavy atom. The van der Waals surface area contributed by atoms with Gasteiger partial charge in [-0.05, 0) is 19.8 Å². The highest BCUT2D eigenvalue weighted by Crippen LogP contribution is 2.14. The zero-order valence-corrected chi connectivity index (χ0v) is 7.13. The van der Waals surface area contributed by atoms with E-state index < -0.39 is 11.6 Å². The molecule has 0 rings (SSSR count). The predicted molar refractivity (Wildman–Crippen MR) is 42.4 cm³/mol. The van der Waals surface area contributed by atoms with Crippen molar-refractivity contribution in [3.8, 4) is 0 Å². The Morgan fingerprint density at radius 1 is 1.45 bits per heavy atom. The zero-order chi connectivity index (χ0) is 8.91. The van der Waals surface area contributed by atoms with Crippen LogP contribution in [0.15, 0.2) is 0 Å². The summed E-state index contributed by atoms with van der Waals surface area (Å²) in [5, 5.41) is 17.7. The Balaban J connectivity index is 3.64. The van der Waals surface area contributed by atoms with Gasteiger partial charge in [0.05, 0.1) is 0 Å². The summed E-state index contributed by atoms with van der Waals surface area (Å²) in [5.74, 6) is -1.13. The molecule has 0 aromatic rings. The summed E-state index contributed by atoms with van der Waals surface area (Å²) in [6, 6.07) is 0. The lowest BCUT2D eigenvalue weighted by Gasteiger charge is -2.16. The van der Waals surface area contributed by atoms with Crippen molar-refractivity contribution in [2.24, 2.45) is 0 Å². The van der Waals surface area contributed by atoms with Gasteiger partial charge in [0.15, 0.2) is 5.60 Å². The average molecular weight is 160 g/mol. The molecule has 1 atom stereocenters. The molecule has 0 aliphatic carbocycles. The van der Waals surface area contributed by atoms with Crippen molar-refractivity contribution in [1.82, 2.24) is 0 Å². The molecule has 3 heteroatoms. The molecule has 0 bridgehead atoms. The lowest BCUT2D eigenvalue weighted by Crippen LogP contribution is -2.34. The molecule has 0 saturated carbocycles. The molecule has 0 aliphatic heterocycles. The Bertz CT molecular complexity index is 129. The van der Waals surface area contributed by atoms with Gasteiger partial charge in [-0.1, -0.05) is 19.8 Å². The van der Waals surface area contributed by atoms with Gasteiger partial charge in [-0.15, -0.1) is 0 Å². The van der Waals surface area contributed by atoms with E-state index in [0.29, 0.717) is 6.42 Å². The van der Waals surface area contributed by atoms with E-state index in [1.165, 1.54) is 6.92 Å². The van der Waals surface area contributed by atoms with Crippen LogP contribution in [0.4, 0.5) is 0 Å². The van der Waals surface area contributed by atoms with Gasteiger partial charge in [0.1, 0.15) is 0 Å². The molecule has 0 aliphatic rings. The largest absolute Gasteiger partial charge is 0.479 e. The maximum absolute atomic E-state index is 10.4. The van der Waals surface area contributed by atoms with E-state index in [1.54, 1.807) is 0 Å². The molecule has 0 radical (unpaired) electrons. The summed E-state index contributed by atoms with van der Waals surface area (Å²) in [6.45, 7) is 3.38. The quantitative estimate of drug-likeness (QED) is 0.598. The average Bonchev–Trinajstić information content (AvgIpc) is 1.88. The Labute approximate surface area is 67.0 Å². The Morgan fingerprint density at radius 2 is 2.00 bits per heavy atom. The number of aliphatic hydroxyl groups is 1. The minimum absolute atomic E-state index is 0.343. The number of unbranched alkanes of at least 4 members (excludes halogenated alkanes) is 2. The summed E-state index contributed by atoms with van der Waals surface area (Å²) in [4.78, 5) is 10.4. The lowest BCUT2D eigenvalue weighted by atomic mass is 9.99. The summed E-state index contributed by atoms with van der Waals surface area (Å²) in [5.41, 5.74) is -1.53. The summed E-state index contributed by atoms with van der Waals surface area (Å²) in [7, 11) is 0. The van der Waals surface area contributed by atoms with Crippen LogP contribution in [0, 0.1) is 0 Å². The number of aliphatic carboxylic acids is 1. The van der Waals surface area contributed by atoms with Crippen LogP contribution in [0.5, 0.6) is 0 Å². The van der Waals surface area contributed by atoms with E-state index in [1.807, 2.05) is 6.92 Å². The van der Waals surface area contributed by atoms with Gasteiger partial charge in [0.2, 0.25) is 0 Å².